The fourth-order valence-electron chi connectivity index (χ4n) is 5.24. The minimum absolute atomic E-state index is 0.161. The summed E-state index contributed by atoms with van der Waals surface area (Å²) in [4.78, 5) is 29.2. The molecule has 200 valence electrons. The molecule has 11 heteroatoms. The molecule has 0 spiro atoms. The molecule has 2 amide bonds. The number of nitrogens with zero attached hydrogens (tertiary/aromatic N) is 6. The lowest BCUT2D eigenvalue weighted by Gasteiger charge is -2.40. The van der Waals surface area contributed by atoms with Gasteiger partial charge in [-0.3, -0.25) is 14.7 Å². The minimum Gasteiger partial charge on any atom is -0.326 e. The normalized spacial score (nSPS) is 17.4. The topological polar surface area (TPSA) is 122 Å². The molecule has 2 atom stereocenters. The number of aromatic amines is 1. The number of nitrogens with one attached hydrogen (secondary N) is 2. The van der Waals surface area contributed by atoms with Gasteiger partial charge in [0, 0.05) is 40.2 Å². The lowest BCUT2D eigenvalue weighted by atomic mass is 9.82. The third-order valence-corrected chi connectivity index (χ3v) is 7.35. The number of likely N-dealkylation sites (tertiary alicyclic amines) is 1. The van der Waals surface area contributed by atoms with Crippen molar-refractivity contribution in [1.82, 2.24) is 35.3 Å². The number of tetrazole rings is 1. The first-order valence-corrected chi connectivity index (χ1v) is 13.3. The zero-order valence-corrected chi connectivity index (χ0v) is 22.1. The first-order valence-electron chi connectivity index (χ1n) is 12.9. The number of aromatic nitrogens is 6. The largest absolute Gasteiger partial charge is 0.326 e. The molecule has 0 radical (unpaired) electrons. The van der Waals surface area contributed by atoms with E-state index in [9.17, 15) is 9.59 Å². The number of fused-ring (bicyclic) bond motifs is 1. The van der Waals surface area contributed by atoms with Crippen molar-refractivity contribution in [3.8, 4) is 5.69 Å². The third-order valence-electron chi connectivity index (χ3n) is 7.11. The van der Waals surface area contributed by atoms with Gasteiger partial charge < -0.3 is 10.2 Å². The van der Waals surface area contributed by atoms with Gasteiger partial charge in [0.15, 0.2) is 0 Å². The highest BCUT2D eigenvalue weighted by atomic mass is 35.5. The van der Waals surface area contributed by atoms with Crippen LogP contribution in [0.1, 0.15) is 29.9 Å². The number of benzene rings is 3. The number of halogens is 1. The number of carbonyl (C=O) groups is 2. The van der Waals surface area contributed by atoms with Crippen LogP contribution in [-0.4, -0.2) is 59.7 Å². The Hall–Kier alpha value is -4.83. The Morgan fingerprint density at radius 3 is 2.77 bits per heavy atom. The van der Waals surface area contributed by atoms with Gasteiger partial charge in [0.1, 0.15) is 12.4 Å². The van der Waals surface area contributed by atoms with E-state index < -0.39 is 6.04 Å². The van der Waals surface area contributed by atoms with Gasteiger partial charge >= 0.3 is 0 Å². The molecular weight excluding hydrogens is 528 g/mol. The SMILES string of the molecule is O=C(Nc1ccc2cn[nH]c2c1)C1C(c2ccccc2)CCCN1C(=O)/C=C/c1cc(Cl)ccc1-n1cnnn1. The molecule has 1 fully saturated rings. The molecule has 6 rings (SSSR count). The van der Waals surface area contributed by atoms with Gasteiger partial charge in [-0.15, -0.1) is 5.10 Å². The molecule has 5 aromatic rings. The lowest BCUT2D eigenvalue weighted by molar-refractivity contribution is -0.137. The molecule has 1 saturated heterocycles. The van der Waals surface area contributed by atoms with E-state index in [2.05, 4.69) is 31.0 Å². The lowest BCUT2D eigenvalue weighted by Crippen LogP contribution is -2.53. The van der Waals surface area contributed by atoms with Crippen molar-refractivity contribution in [2.75, 3.05) is 11.9 Å². The van der Waals surface area contributed by atoms with Crippen LogP contribution in [0, 0.1) is 0 Å². The second-order valence-corrected chi connectivity index (χ2v) is 10.0. The van der Waals surface area contributed by atoms with Gasteiger partial charge in [-0.05, 0) is 71.3 Å². The van der Waals surface area contributed by atoms with Gasteiger partial charge in [-0.1, -0.05) is 41.9 Å². The number of H-pyrrole nitrogens is 1. The summed E-state index contributed by atoms with van der Waals surface area (Å²) in [5.74, 6) is -0.676. The molecule has 0 aliphatic carbocycles. The Morgan fingerprint density at radius 2 is 1.95 bits per heavy atom. The van der Waals surface area contributed by atoms with Gasteiger partial charge in [0.05, 0.1) is 17.4 Å². The molecular formula is C29H25ClN8O2. The van der Waals surface area contributed by atoms with Crippen LogP contribution in [0.4, 0.5) is 5.69 Å². The Bertz CT molecular complexity index is 1680. The van der Waals surface area contributed by atoms with Crippen LogP contribution in [0.15, 0.2) is 85.3 Å². The van der Waals surface area contributed by atoms with Crippen LogP contribution in [-0.2, 0) is 9.59 Å². The Balaban J connectivity index is 1.31. The monoisotopic (exact) mass is 552 g/mol. The van der Waals surface area contributed by atoms with Crippen LogP contribution in [0.5, 0.6) is 0 Å². The van der Waals surface area contributed by atoms with E-state index in [1.807, 2.05) is 48.5 Å². The fourth-order valence-corrected chi connectivity index (χ4v) is 5.42. The van der Waals surface area contributed by atoms with E-state index >= 15 is 0 Å². The van der Waals surface area contributed by atoms with E-state index in [0.717, 1.165) is 29.3 Å². The molecule has 2 aromatic heterocycles. The Kier molecular flexibility index (Phi) is 7.07. The number of amides is 2. The smallest absolute Gasteiger partial charge is 0.247 e. The molecule has 1 aliphatic heterocycles. The van der Waals surface area contributed by atoms with Crippen LogP contribution >= 0.6 is 11.6 Å². The molecule has 3 heterocycles. The van der Waals surface area contributed by atoms with Crippen molar-refractivity contribution >= 4 is 46.1 Å². The van der Waals surface area contributed by atoms with Crippen LogP contribution < -0.4 is 5.32 Å². The van der Waals surface area contributed by atoms with Crippen molar-refractivity contribution in [2.45, 2.75) is 24.8 Å². The maximum Gasteiger partial charge on any atom is 0.247 e. The molecule has 0 saturated carbocycles. The van der Waals surface area contributed by atoms with E-state index in [1.54, 1.807) is 35.4 Å². The van der Waals surface area contributed by atoms with Gasteiger partial charge in [0.2, 0.25) is 11.8 Å². The van der Waals surface area contributed by atoms with Crippen LogP contribution in [0.2, 0.25) is 5.02 Å². The van der Waals surface area contributed by atoms with Crippen LogP contribution in [0.3, 0.4) is 0 Å². The quantitative estimate of drug-likeness (QED) is 0.296. The van der Waals surface area contributed by atoms with E-state index in [0.29, 0.717) is 28.5 Å². The van der Waals surface area contributed by atoms with Gasteiger partial charge in [-0.25, -0.2) is 0 Å². The van der Waals surface area contributed by atoms with Crippen molar-refractivity contribution in [2.24, 2.45) is 0 Å². The predicted octanol–water partition coefficient (Wildman–Crippen LogP) is 4.62. The predicted molar refractivity (Wildman–Crippen MR) is 152 cm³/mol. The number of anilines is 1. The summed E-state index contributed by atoms with van der Waals surface area (Å²) in [6.07, 6.45) is 7.91. The summed E-state index contributed by atoms with van der Waals surface area (Å²) >= 11 is 6.25. The molecule has 10 nitrogen and oxygen atoms in total. The second kappa shape index (κ2) is 11.1. The Morgan fingerprint density at radius 1 is 1.07 bits per heavy atom. The highest BCUT2D eigenvalue weighted by molar-refractivity contribution is 6.30. The number of carbonyl (C=O) groups excluding carboxylic acids is 2. The average molecular weight is 553 g/mol. The summed E-state index contributed by atoms with van der Waals surface area (Å²) < 4.78 is 1.50. The number of piperidine rings is 1. The fraction of sp³-hybridized carbons (Fsp3) is 0.172. The highest BCUT2D eigenvalue weighted by Crippen LogP contribution is 2.34. The maximum absolute atomic E-state index is 13.9. The molecule has 2 N–H and O–H groups in total. The summed E-state index contributed by atoms with van der Waals surface area (Å²) in [6.45, 7) is 0.458. The zero-order valence-electron chi connectivity index (χ0n) is 21.3. The van der Waals surface area contributed by atoms with Crippen molar-refractivity contribution < 1.29 is 9.59 Å². The molecule has 3 aromatic carbocycles. The van der Waals surface area contributed by atoms with Crippen molar-refractivity contribution in [1.29, 1.82) is 0 Å². The number of hydrogen-bond acceptors (Lipinski definition) is 6. The van der Waals surface area contributed by atoms with E-state index in [-0.39, 0.29) is 17.7 Å². The number of hydrogen-bond donors (Lipinski definition) is 2. The van der Waals surface area contributed by atoms with Crippen LogP contribution in [0.25, 0.3) is 22.7 Å². The van der Waals surface area contributed by atoms with Gasteiger partial charge in [0.25, 0.3) is 0 Å². The molecule has 40 heavy (non-hydrogen) atoms. The summed E-state index contributed by atoms with van der Waals surface area (Å²) in [7, 11) is 0. The van der Waals surface area contributed by atoms with Crippen molar-refractivity contribution in [3.63, 3.8) is 0 Å². The minimum atomic E-state index is -0.705. The molecule has 1 aliphatic rings. The van der Waals surface area contributed by atoms with E-state index in [4.69, 9.17) is 11.6 Å². The van der Waals surface area contributed by atoms with E-state index in [1.165, 1.54) is 17.1 Å². The average Bonchev–Trinajstić information content (AvgIpc) is 3.68. The zero-order chi connectivity index (χ0) is 27.5. The standard InChI is InChI=1S/C29H25ClN8O2/c30-22-10-12-26(38-18-32-35-36-38)20(15-22)9-13-27(39)37-14-4-7-24(19-5-2-1-3-6-19)28(37)29(40)33-23-11-8-21-17-31-34-25(21)16-23/h1-3,5-6,8-13,15-18,24,28H,4,7,14H2,(H,31,34)(H,33,40)/b13-9+. The second-order valence-electron chi connectivity index (χ2n) is 9.59. The summed E-state index contributed by atoms with van der Waals surface area (Å²) in [5, 5.41) is 22.8. The first-order chi connectivity index (χ1) is 19.6. The van der Waals surface area contributed by atoms with Crippen molar-refractivity contribution in [3.05, 3.63) is 101 Å². The number of rotatable bonds is 6. The third kappa shape index (κ3) is 5.21. The first kappa shape index (κ1) is 25.4. The summed E-state index contributed by atoms with van der Waals surface area (Å²) in [5.41, 5.74) is 3.80. The summed E-state index contributed by atoms with van der Waals surface area (Å²) in [6, 6.07) is 20.0. The van der Waals surface area contributed by atoms with Gasteiger partial charge in [-0.2, -0.15) is 9.78 Å². The molecule has 2 unspecified atom stereocenters. The maximum atomic E-state index is 13.9. The Labute approximate surface area is 234 Å². The highest BCUT2D eigenvalue weighted by Gasteiger charge is 2.39. The molecule has 0 bridgehead atoms.